The molecule has 0 fully saturated rings. The maximum absolute atomic E-state index is 6.83. The molecule has 0 saturated carbocycles. The zero-order chi connectivity index (χ0) is 33.1. The highest BCUT2D eigenvalue weighted by molar-refractivity contribution is 6.18. The summed E-state index contributed by atoms with van der Waals surface area (Å²) in [7, 11) is 0. The van der Waals surface area contributed by atoms with Gasteiger partial charge in [-0.25, -0.2) is 9.98 Å². The molecule has 2 N–H and O–H groups in total. The summed E-state index contributed by atoms with van der Waals surface area (Å²) in [6.07, 6.45) is 5.82. The molecule has 1 atom stereocenters. The third-order valence-electron chi connectivity index (χ3n) is 10.2. The van der Waals surface area contributed by atoms with Crippen LogP contribution in [0, 0.1) is 0 Å². The van der Waals surface area contributed by atoms with Gasteiger partial charge in [-0.05, 0) is 51.6 Å². The standard InChI is InChI=1S/C45H32N4O/c1-2-14-29(15-3-1)42-47-43(49-44(48-42)39-23-12-13-27-46-39)34-19-5-4-16-31(34)30-25-26-38-41(28-30)50-40-24-11-10-22-37(40)45(38)35-20-8-6-17-32(35)33-18-7-9-21-36(33)45/h1-26,28,44,46H,27H2,(H,47,48,49). The Balaban J connectivity index is 1.13. The fourth-order valence-electron chi connectivity index (χ4n) is 8.09. The van der Waals surface area contributed by atoms with Crippen LogP contribution in [0.1, 0.15) is 33.4 Å². The molecule has 1 unspecified atom stereocenters. The van der Waals surface area contributed by atoms with Crippen molar-refractivity contribution in [1.82, 2.24) is 10.6 Å². The lowest BCUT2D eigenvalue weighted by molar-refractivity contribution is 0.436. The van der Waals surface area contributed by atoms with Crippen LogP contribution >= 0.6 is 0 Å². The molecule has 4 aliphatic rings. The predicted molar refractivity (Wildman–Crippen MR) is 201 cm³/mol. The van der Waals surface area contributed by atoms with Gasteiger partial charge >= 0.3 is 0 Å². The lowest BCUT2D eigenvalue weighted by atomic mass is 9.66. The summed E-state index contributed by atoms with van der Waals surface area (Å²) in [6.45, 7) is 0.752. The molecule has 238 valence electrons. The highest BCUT2D eigenvalue weighted by atomic mass is 16.5. The maximum atomic E-state index is 6.83. The van der Waals surface area contributed by atoms with Gasteiger partial charge in [0, 0.05) is 28.8 Å². The number of ether oxygens (including phenoxy) is 1. The second kappa shape index (κ2) is 11.3. The summed E-state index contributed by atoms with van der Waals surface area (Å²) >= 11 is 0. The minimum Gasteiger partial charge on any atom is -0.457 e. The highest BCUT2D eigenvalue weighted by Crippen LogP contribution is 2.62. The second-order valence-corrected chi connectivity index (χ2v) is 12.9. The number of nitrogens with zero attached hydrogens (tertiary/aromatic N) is 2. The Kier molecular flexibility index (Phi) is 6.46. The lowest BCUT2D eigenvalue weighted by Crippen LogP contribution is -2.40. The number of allylic oxidation sites excluding steroid dienone is 2. The van der Waals surface area contributed by atoms with Crippen molar-refractivity contribution >= 4 is 11.7 Å². The summed E-state index contributed by atoms with van der Waals surface area (Å²) in [6, 6.07) is 51.6. The summed E-state index contributed by atoms with van der Waals surface area (Å²) < 4.78 is 6.83. The number of rotatable bonds is 4. The first-order valence-corrected chi connectivity index (χ1v) is 17.1. The van der Waals surface area contributed by atoms with Crippen molar-refractivity contribution < 1.29 is 4.74 Å². The van der Waals surface area contributed by atoms with E-state index < -0.39 is 11.6 Å². The van der Waals surface area contributed by atoms with Gasteiger partial charge in [-0.15, -0.1) is 0 Å². The van der Waals surface area contributed by atoms with Crippen molar-refractivity contribution in [2.24, 2.45) is 9.98 Å². The Morgan fingerprint density at radius 1 is 0.540 bits per heavy atom. The van der Waals surface area contributed by atoms with Crippen LogP contribution in [0.15, 0.2) is 180 Å². The molecule has 1 aliphatic carbocycles. The molecule has 3 heterocycles. The first kappa shape index (κ1) is 28.5. The predicted octanol–water partition coefficient (Wildman–Crippen LogP) is 8.99. The minimum absolute atomic E-state index is 0.398. The maximum Gasteiger partial charge on any atom is 0.183 e. The van der Waals surface area contributed by atoms with Gasteiger partial charge in [-0.1, -0.05) is 146 Å². The Morgan fingerprint density at radius 3 is 1.90 bits per heavy atom. The highest BCUT2D eigenvalue weighted by Gasteiger charge is 2.50. The molecule has 1 spiro atoms. The smallest absolute Gasteiger partial charge is 0.183 e. The van der Waals surface area contributed by atoms with Crippen LogP contribution < -0.4 is 15.4 Å². The number of hydrogen-bond acceptors (Lipinski definition) is 5. The van der Waals surface area contributed by atoms with Crippen molar-refractivity contribution in [3.8, 4) is 33.8 Å². The Labute approximate surface area is 291 Å². The largest absolute Gasteiger partial charge is 0.457 e. The molecule has 0 saturated heterocycles. The molecule has 10 rings (SSSR count). The van der Waals surface area contributed by atoms with Crippen LogP contribution in [0.2, 0.25) is 0 Å². The molecule has 0 aromatic heterocycles. The fourth-order valence-corrected chi connectivity index (χ4v) is 8.09. The van der Waals surface area contributed by atoms with Crippen molar-refractivity contribution in [2.45, 2.75) is 11.6 Å². The van der Waals surface area contributed by atoms with E-state index in [0.717, 1.165) is 68.8 Å². The van der Waals surface area contributed by atoms with Gasteiger partial charge in [-0.3, -0.25) is 0 Å². The van der Waals surface area contributed by atoms with Crippen LogP contribution in [0.4, 0.5) is 0 Å². The number of dihydropyridines is 1. The molecule has 6 aromatic carbocycles. The van der Waals surface area contributed by atoms with Gasteiger partial charge in [0.25, 0.3) is 0 Å². The van der Waals surface area contributed by atoms with Crippen LogP contribution in [0.5, 0.6) is 11.5 Å². The molecular weight excluding hydrogens is 613 g/mol. The number of fused-ring (bicyclic) bond motifs is 9. The third-order valence-corrected chi connectivity index (χ3v) is 10.2. The molecule has 50 heavy (non-hydrogen) atoms. The topological polar surface area (TPSA) is 58.0 Å². The van der Waals surface area contributed by atoms with Crippen molar-refractivity contribution in [3.63, 3.8) is 0 Å². The summed E-state index contributed by atoms with van der Waals surface area (Å²) in [4.78, 5) is 10.2. The average molecular weight is 645 g/mol. The fraction of sp³-hybridized carbons (Fsp3) is 0.0667. The minimum atomic E-state index is -0.492. The van der Waals surface area contributed by atoms with E-state index in [9.17, 15) is 0 Å². The molecule has 0 amide bonds. The first-order chi connectivity index (χ1) is 24.8. The average Bonchev–Trinajstić information content (AvgIpc) is 3.49. The molecule has 0 radical (unpaired) electrons. The Hall–Kier alpha value is -6.46. The zero-order valence-electron chi connectivity index (χ0n) is 27.2. The molecule has 0 bridgehead atoms. The van der Waals surface area contributed by atoms with E-state index in [4.69, 9.17) is 14.7 Å². The molecule has 5 heteroatoms. The van der Waals surface area contributed by atoms with E-state index in [1.165, 1.54) is 22.3 Å². The number of nitrogens with one attached hydrogen (secondary N) is 2. The number of amidine groups is 2. The molecule has 6 aromatic rings. The number of benzene rings is 6. The van der Waals surface area contributed by atoms with Gasteiger partial charge in [0.05, 0.1) is 11.1 Å². The molecule has 5 nitrogen and oxygen atoms in total. The van der Waals surface area contributed by atoms with Crippen LogP contribution in [0.3, 0.4) is 0 Å². The third kappa shape index (κ3) is 4.26. The normalized spacial score (nSPS) is 17.4. The van der Waals surface area contributed by atoms with Crippen LogP contribution in [-0.2, 0) is 5.41 Å². The van der Waals surface area contributed by atoms with E-state index >= 15 is 0 Å². The Morgan fingerprint density at radius 2 is 1.16 bits per heavy atom. The quantitative estimate of drug-likeness (QED) is 0.201. The van der Waals surface area contributed by atoms with Gasteiger partial charge in [0.1, 0.15) is 23.2 Å². The summed E-state index contributed by atoms with van der Waals surface area (Å²) in [5.74, 6) is 3.30. The summed E-state index contributed by atoms with van der Waals surface area (Å²) in [5, 5.41) is 7.07. The van der Waals surface area contributed by atoms with E-state index in [1.807, 2.05) is 18.2 Å². The van der Waals surface area contributed by atoms with E-state index in [1.54, 1.807) is 0 Å². The van der Waals surface area contributed by atoms with E-state index in [2.05, 4.69) is 156 Å². The number of hydrogen-bond donors (Lipinski definition) is 2. The number of aliphatic imine (C=N–C) groups is 2. The first-order valence-electron chi connectivity index (χ1n) is 17.1. The number of para-hydroxylation sites is 1. The van der Waals surface area contributed by atoms with E-state index in [-0.39, 0.29) is 0 Å². The van der Waals surface area contributed by atoms with Crippen LogP contribution in [-0.4, -0.2) is 24.4 Å². The van der Waals surface area contributed by atoms with Crippen LogP contribution in [0.25, 0.3) is 22.3 Å². The van der Waals surface area contributed by atoms with E-state index in [0.29, 0.717) is 0 Å². The lowest BCUT2D eigenvalue weighted by Gasteiger charge is -2.39. The zero-order valence-corrected chi connectivity index (χ0v) is 27.2. The van der Waals surface area contributed by atoms with Crippen molar-refractivity contribution in [3.05, 3.63) is 203 Å². The monoisotopic (exact) mass is 644 g/mol. The van der Waals surface area contributed by atoms with Crippen molar-refractivity contribution in [1.29, 1.82) is 0 Å². The van der Waals surface area contributed by atoms with Gasteiger partial charge < -0.3 is 15.4 Å². The van der Waals surface area contributed by atoms with Gasteiger partial charge in [0.2, 0.25) is 0 Å². The molecular formula is C45H32N4O. The summed E-state index contributed by atoms with van der Waals surface area (Å²) in [5.41, 5.74) is 12.0. The van der Waals surface area contributed by atoms with Gasteiger partial charge in [0.15, 0.2) is 6.17 Å². The van der Waals surface area contributed by atoms with Gasteiger partial charge in [-0.2, -0.15) is 0 Å². The molecule has 3 aliphatic heterocycles. The Bertz CT molecular complexity index is 2410. The second-order valence-electron chi connectivity index (χ2n) is 12.9. The van der Waals surface area contributed by atoms with Crippen molar-refractivity contribution in [2.75, 3.05) is 6.54 Å². The SMILES string of the molecule is C1=CCNC(C2N=C(c3ccccc3)NC(c3ccccc3-c3ccc4c(c3)Oc3ccccc3C43c4ccccc4-c4ccccc43)=N2)=C1.